The highest BCUT2D eigenvalue weighted by Gasteiger charge is 2.11. The summed E-state index contributed by atoms with van der Waals surface area (Å²) in [5, 5.41) is 1.06. The molecule has 0 aliphatic carbocycles. The zero-order chi connectivity index (χ0) is 16.2. The van der Waals surface area contributed by atoms with Crippen LogP contribution < -0.4 is 0 Å². The summed E-state index contributed by atoms with van der Waals surface area (Å²) in [6.45, 7) is 1.68. The minimum absolute atomic E-state index is 0.309. The zero-order valence-corrected chi connectivity index (χ0v) is 13.4. The lowest BCUT2D eigenvalue weighted by Gasteiger charge is -2.16. The van der Waals surface area contributed by atoms with Crippen molar-refractivity contribution < 1.29 is 9.53 Å². The number of nitrogens with zero attached hydrogens (tertiary/aromatic N) is 1. The number of fused-ring (bicyclic) bond motifs is 1. The molecule has 1 heterocycles. The van der Waals surface area contributed by atoms with E-state index in [9.17, 15) is 4.79 Å². The van der Waals surface area contributed by atoms with Crippen LogP contribution in [0.25, 0.3) is 10.9 Å². The van der Waals surface area contributed by atoms with E-state index in [-0.39, 0.29) is 5.97 Å². The summed E-state index contributed by atoms with van der Waals surface area (Å²) >= 11 is 0. The number of aromatic nitrogens is 1. The summed E-state index contributed by atoms with van der Waals surface area (Å²) in [5.74, 6) is -0.309. The first-order chi connectivity index (χ1) is 11.2. The van der Waals surface area contributed by atoms with Crippen LogP contribution >= 0.6 is 0 Å². The number of rotatable bonds is 5. The highest BCUT2D eigenvalue weighted by Crippen LogP contribution is 2.22. The highest BCUT2D eigenvalue weighted by molar-refractivity contribution is 5.95. The first-order valence-electron chi connectivity index (χ1n) is 7.58. The van der Waals surface area contributed by atoms with Crippen LogP contribution in [0.4, 0.5) is 0 Å². The lowest BCUT2D eigenvalue weighted by molar-refractivity contribution is 0.0601. The predicted octanol–water partition coefficient (Wildman–Crippen LogP) is 3.59. The smallest absolute Gasteiger partial charge is 0.337 e. The minimum atomic E-state index is -0.309. The Labute approximate surface area is 135 Å². The number of esters is 1. The van der Waals surface area contributed by atoms with Gasteiger partial charge in [-0.1, -0.05) is 30.3 Å². The Hall–Kier alpha value is -2.59. The summed E-state index contributed by atoms with van der Waals surface area (Å²) in [7, 11) is 3.49. The fraction of sp³-hybridized carbons (Fsp3) is 0.211. The van der Waals surface area contributed by atoms with Crippen molar-refractivity contribution in [3.63, 3.8) is 0 Å². The Morgan fingerprint density at radius 3 is 2.65 bits per heavy atom. The molecule has 0 unspecified atom stereocenters. The molecule has 0 amide bonds. The monoisotopic (exact) mass is 308 g/mol. The third-order valence-electron chi connectivity index (χ3n) is 3.92. The maximum atomic E-state index is 11.7. The van der Waals surface area contributed by atoms with Gasteiger partial charge in [0.1, 0.15) is 0 Å². The molecule has 1 N–H and O–H groups in total. The molecule has 0 bridgehead atoms. The number of carbonyl (C=O) groups excluding carboxylic acids is 1. The molecule has 0 saturated heterocycles. The van der Waals surface area contributed by atoms with Gasteiger partial charge in [0.05, 0.1) is 12.7 Å². The van der Waals surface area contributed by atoms with Crippen molar-refractivity contribution in [2.75, 3.05) is 14.2 Å². The number of hydrogen-bond acceptors (Lipinski definition) is 3. The molecular formula is C19H20N2O2. The number of benzene rings is 2. The van der Waals surface area contributed by atoms with E-state index in [1.54, 1.807) is 6.07 Å². The van der Waals surface area contributed by atoms with E-state index in [0.717, 1.165) is 24.0 Å². The van der Waals surface area contributed by atoms with Gasteiger partial charge in [-0.3, -0.25) is 4.90 Å². The Morgan fingerprint density at radius 2 is 1.91 bits per heavy atom. The number of nitrogens with one attached hydrogen (secondary N) is 1. The van der Waals surface area contributed by atoms with Gasteiger partial charge < -0.3 is 9.72 Å². The topological polar surface area (TPSA) is 45.3 Å². The van der Waals surface area contributed by atoms with E-state index in [0.29, 0.717) is 5.56 Å². The standard InChI is InChI=1S/C19H20N2O2/c1-21(12-14-6-4-3-5-7-14)13-16-11-20-18-9-8-15(10-17(16)18)19(22)23-2/h3-11,20H,12-13H2,1-2H3. The quantitative estimate of drug-likeness (QED) is 0.733. The Balaban J connectivity index is 1.80. The van der Waals surface area contributed by atoms with Crippen molar-refractivity contribution >= 4 is 16.9 Å². The number of ether oxygens (including phenoxy) is 1. The van der Waals surface area contributed by atoms with Gasteiger partial charge >= 0.3 is 5.97 Å². The highest BCUT2D eigenvalue weighted by atomic mass is 16.5. The number of methoxy groups -OCH3 is 1. The fourth-order valence-electron chi connectivity index (χ4n) is 2.80. The van der Waals surface area contributed by atoms with Crippen LogP contribution in [0.15, 0.2) is 54.7 Å². The lowest BCUT2D eigenvalue weighted by atomic mass is 10.1. The van der Waals surface area contributed by atoms with Gasteiger partial charge in [0, 0.05) is 30.2 Å². The second-order valence-corrected chi connectivity index (χ2v) is 5.72. The molecule has 118 valence electrons. The Kier molecular flexibility index (Phi) is 4.44. The molecule has 0 saturated carbocycles. The molecule has 2 aromatic carbocycles. The van der Waals surface area contributed by atoms with Crippen molar-refractivity contribution in [3.05, 3.63) is 71.4 Å². The SMILES string of the molecule is COC(=O)c1ccc2[nH]cc(CN(C)Cc3ccccc3)c2c1. The van der Waals surface area contributed by atoms with Gasteiger partial charge in [0.15, 0.2) is 0 Å². The largest absolute Gasteiger partial charge is 0.465 e. The normalized spacial score (nSPS) is 11.1. The second-order valence-electron chi connectivity index (χ2n) is 5.72. The molecule has 1 aromatic heterocycles. The first-order valence-corrected chi connectivity index (χ1v) is 7.58. The summed E-state index contributed by atoms with van der Waals surface area (Å²) in [6, 6.07) is 16.0. The molecule has 0 aliphatic heterocycles. The van der Waals surface area contributed by atoms with Gasteiger partial charge in [-0.15, -0.1) is 0 Å². The van der Waals surface area contributed by atoms with Crippen LogP contribution in [0.5, 0.6) is 0 Å². The first kappa shape index (κ1) is 15.3. The number of H-pyrrole nitrogens is 1. The van der Waals surface area contributed by atoms with Crippen molar-refractivity contribution in [2.24, 2.45) is 0 Å². The summed E-state index contributed by atoms with van der Waals surface area (Å²) in [4.78, 5) is 17.2. The van der Waals surface area contributed by atoms with Crippen molar-refractivity contribution in [1.82, 2.24) is 9.88 Å². The number of hydrogen-bond donors (Lipinski definition) is 1. The Bertz CT molecular complexity index is 809. The summed E-state index contributed by atoms with van der Waals surface area (Å²) in [5.41, 5.74) is 4.06. The maximum Gasteiger partial charge on any atom is 0.337 e. The van der Waals surface area contributed by atoms with Crippen molar-refractivity contribution in [1.29, 1.82) is 0 Å². The molecular weight excluding hydrogens is 288 g/mol. The van der Waals surface area contributed by atoms with Crippen molar-refractivity contribution in [2.45, 2.75) is 13.1 Å². The van der Waals surface area contributed by atoms with Crippen LogP contribution in [0.3, 0.4) is 0 Å². The number of carbonyl (C=O) groups is 1. The van der Waals surface area contributed by atoms with Gasteiger partial charge in [0.25, 0.3) is 0 Å². The minimum Gasteiger partial charge on any atom is -0.465 e. The average molecular weight is 308 g/mol. The molecule has 0 fully saturated rings. The van der Waals surface area contributed by atoms with E-state index < -0.39 is 0 Å². The van der Waals surface area contributed by atoms with Crippen LogP contribution in [0, 0.1) is 0 Å². The molecule has 4 heteroatoms. The predicted molar refractivity (Wildman–Crippen MR) is 91.3 cm³/mol. The summed E-state index contributed by atoms with van der Waals surface area (Å²) in [6.07, 6.45) is 2.01. The third-order valence-corrected chi connectivity index (χ3v) is 3.92. The third kappa shape index (κ3) is 3.43. The molecule has 0 radical (unpaired) electrons. The summed E-state index contributed by atoms with van der Waals surface area (Å²) < 4.78 is 4.80. The maximum absolute atomic E-state index is 11.7. The van der Waals surface area contributed by atoms with E-state index in [1.165, 1.54) is 18.2 Å². The van der Waals surface area contributed by atoms with Gasteiger partial charge in [0.2, 0.25) is 0 Å². The van der Waals surface area contributed by atoms with Crippen LogP contribution in [0.2, 0.25) is 0 Å². The van der Waals surface area contributed by atoms with E-state index in [4.69, 9.17) is 4.74 Å². The van der Waals surface area contributed by atoms with Gasteiger partial charge in [-0.05, 0) is 36.4 Å². The van der Waals surface area contributed by atoms with Crippen LogP contribution in [-0.4, -0.2) is 30.0 Å². The Morgan fingerprint density at radius 1 is 1.13 bits per heavy atom. The lowest BCUT2D eigenvalue weighted by Crippen LogP contribution is -2.16. The molecule has 3 rings (SSSR count). The molecule has 0 atom stereocenters. The van der Waals surface area contributed by atoms with E-state index in [1.807, 2.05) is 24.4 Å². The zero-order valence-electron chi connectivity index (χ0n) is 13.4. The molecule has 23 heavy (non-hydrogen) atoms. The average Bonchev–Trinajstić information content (AvgIpc) is 2.97. The fourth-order valence-corrected chi connectivity index (χ4v) is 2.80. The molecule has 0 spiro atoms. The van der Waals surface area contributed by atoms with Crippen LogP contribution in [0.1, 0.15) is 21.5 Å². The van der Waals surface area contributed by atoms with Crippen molar-refractivity contribution in [3.8, 4) is 0 Å². The molecule has 3 aromatic rings. The second kappa shape index (κ2) is 6.67. The molecule has 4 nitrogen and oxygen atoms in total. The van der Waals surface area contributed by atoms with Gasteiger partial charge in [-0.2, -0.15) is 0 Å². The van der Waals surface area contributed by atoms with E-state index >= 15 is 0 Å². The van der Waals surface area contributed by atoms with Crippen LogP contribution in [-0.2, 0) is 17.8 Å². The van der Waals surface area contributed by atoms with E-state index in [2.05, 4.69) is 41.2 Å². The number of aromatic amines is 1. The van der Waals surface area contributed by atoms with Gasteiger partial charge in [-0.25, -0.2) is 4.79 Å². The molecule has 0 aliphatic rings.